The quantitative estimate of drug-likeness (QED) is 0.864. The van der Waals surface area contributed by atoms with Gasteiger partial charge in [0.25, 0.3) is 0 Å². The maximum atomic E-state index is 6.14. The van der Waals surface area contributed by atoms with Gasteiger partial charge in [-0.25, -0.2) is 0 Å². The van der Waals surface area contributed by atoms with Crippen LogP contribution in [0.2, 0.25) is 5.02 Å². The van der Waals surface area contributed by atoms with Gasteiger partial charge in [0.05, 0.1) is 0 Å². The predicted octanol–water partition coefficient (Wildman–Crippen LogP) is 3.17. The molecule has 2 nitrogen and oxygen atoms in total. The number of nitrogens with two attached hydrogens (primary N) is 1. The second-order valence-electron chi connectivity index (χ2n) is 3.70. The zero-order valence-corrected chi connectivity index (χ0v) is 9.83. The molecule has 0 aliphatic carbocycles. The van der Waals surface area contributed by atoms with Gasteiger partial charge in [0.1, 0.15) is 0 Å². The lowest BCUT2D eigenvalue weighted by atomic mass is 10.0. The van der Waals surface area contributed by atoms with Crippen LogP contribution in [-0.2, 0) is 6.54 Å². The van der Waals surface area contributed by atoms with Gasteiger partial charge in [-0.3, -0.25) is 4.98 Å². The molecule has 0 aliphatic heterocycles. The van der Waals surface area contributed by atoms with Gasteiger partial charge >= 0.3 is 0 Å². The average molecular weight is 233 g/mol. The van der Waals surface area contributed by atoms with E-state index in [0.29, 0.717) is 6.54 Å². The molecule has 2 rings (SSSR count). The Bertz CT molecular complexity index is 509. The average Bonchev–Trinajstić information content (AvgIpc) is 2.29. The van der Waals surface area contributed by atoms with Crippen molar-refractivity contribution in [3.05, 3.63) is 52.8 Å². The molecule has 3 heteroatoms. The third-order valence-electron chi connectivity index (χ3n) is 2.60. The zero-order chi connectivity index (χ0) is 11.5. The minimum absolute atomic E-state index is 0.467. The van der Waals surface area contributed by atoms with Crippen molar-refractivity contribution in [2.24, 2.45) is 5.73 Å². The number of halogens is 1. The summed E-state index contributed by atoms with van der Waals surface area (Å²) in [6, 6.07) is 7.95. The van der Waals surface area contributed by atoms with Crippen LogP contribution in [0.15, 0.2) is 36.7 Å². The summed E-state index contributed by atoms with van der Waals surface area (Å²) in [5.74, 6) is 0. The Balaban J connectivity index is 2.50. The number of benzene rings is 1. The number of pyridine rings is 1. The molecule has 0 spiro atoms. The molecular weight excluding hydrogens is 220 g/mol. The van der Waals surface area contributed by atoms with Crippen LogP contribution >= 0.6 is 11.6 Å². The van der Waals surface area contributed by atoms with Crippen LogP contribution in [0.5, 0.6) is 0 Å². The van der Waals surface area contributed by atoms with Crippen LogP contribution in [0.3, 0.4) is 0 Å². The Kier molecular flexibility index (Phi) is 3.22. The van der Waals surface area contributed by atoms with E-state index in [-0.39, 0.29) is 0 Å². The minimum atomic E-state index is 0.467. The van der Waals surface area contributed by atoms with Crippen LogP contribution in [0.1, 0.15) is 11.1 Å². The molecule has 0 atom stereocenters. The highest BCUT2D eigenvalue weighted by Crippen LogP contribution is 2.27. The summed E-state index contributed by atoms with van der Waals surface area (Å²) in [5.41, 5.74) is 9.93. The van der Waals surface area contributed by atoms with Gasteiger partial charge in [0.2, 0.25) is 0 Å². The van der Waals surface area contributed by atoms with Crippen LogP contribution < -0.4 is 5.73 Å². The van der Waals surface area contributed by atoms with Gasteiger partial charge in [-0.2, -0.15) is 0 Å². The largest absolute Gasteiger partial charge is 0.326 e. The van der Waals surface area contributed by atoms with Crippen molar-refractivity contribution in [1.29, 1.82) is 0 Å². The van der Waals surface area contributed by atoms with Crippen molar-refractivity contribution in [2.75, 3.05) is 0 Å². The Hall–Kier alpha value is -1.38. The van der Waals surface area contributed by atoms with Crippen molar-refractivity contribution in [2.45, 2.75) is 13.5 Å². The molecule has 0 saturated heterocycles. The highest BCUT2D eigenvalue weighted by atomic mass is 35.5. The summed E-state index contributed by atoms with van der Waals surface area (Å²) >= 11 is 6.14. The molecule has 82 valence electrons. The first-order chi connectivity index (χ1) is 7.72. The second-order valence-corrected chi connectivity index (χ2v) is 4.11. The van der Waals surface area contributed by atoms with Crippen molar-refractivity contribution in [3.63, 3.8) is 0 Å². The van der Waals surface area contributed by atoms with Gasteiger partial charge in [-0.05, 0) is 41.3 Å². The molecular formula is C13H13ClN2. The molecule has 16 heavy (non-hydrogen) atoms. The van der Waals surface area contributed by atoms with Gasteiger partial charge in [0.15, 0.2) is 0 Å². The van der Waals surface area contributed by atoms with E-state index in [4.69, 9.17) is 17.3 Å². The first kappa shape index (κ1) is 11.1. The van der Waals surface area contributed by atoms with E-state index < -0.39 is 0 Å². The van der Waals surface area contributed by atoms with Crippen molar-refractivity contribution >= 4 is 11.6 Å². The van der Waals surface area contributed by atoms with Gasteiger partial charge < -0.3 is 5.73 Å². The van der Waals surface area contributed by atoms with E-state index in [0.717, 1.165) is 27.3 Å². The molecule has 2 N–H and O–H groups in total. The lowest BCUT2D eigenvalue weighted by Crippen LogP contribution is -1.97. The van der Waals surface area contributed by atoms with Gasteiger partial charge in [0, 0.05) is 24.0 Å². The fraction of sp³-hybridized carbons (Fsp3) is 0.154. The Morgan fingerprint density at radius 1 is 1.31 bits per heavy atom. The molecule has 0 amide bonds. The van der Waals surface area contributed by atoms with E-state index in [2.05, 4.69) is 4.98 Å². The van der Waals surface area contributed by atoms with E-state index in [1.54, 1.807) is 6.20 Å². The van der Waals surface area contributed by atoms with E-state index >= 15 is 0 Å². The van der Waals surface area contributed by atoms with Crippen LogP contribution in [-0.4, -0.2) is 4.98 Å². The molecule has 0 bridgehead atoms. The SMILES string of the molecule is Cc1cnccc1-c1ccc(CN)c(Cl)c1. The molecule has 1 aromatic heterocycles. The summed E-state index contributed by atoms with van der Waals surface area (Å²) in [6.07, 6.45) is 3.63. The third-order valence-corrected chi connectivity index (χ3v) is 2.96. The maximum absolute atomic E-state index is 6.14. The second kappa shape index (κ2) is 4.64. The Morgan fingerprint density at radius 3 is 2.75 bits per heavy atom. The molecule has 0 aliphatic rings. The number of aryl methyl sites for hydroxylation is 1. The molecule has 0 saturated carbocycles. The van der Waals surface area contributed by atoms with Crippen molar-refractivity contribution < 1.29 is 0 Å². The fourth-order valence-corrected chi connectivity index (χ4v) is 1.94. The first-order valence-corrected chi connectivity index (χ1v) is 5.49. The number of hydrogen-bond donors (Lipinski definition) is 1. The first-order valence-electron chi connectivity index (χ1n) is 5.12. The van der Waals surface area contributed by atoms with E-state index in [1.807, 2.05) is 37.4 Å². The van der Waals surface area contributed by atoms with Crippen molar-refractivity contribution in [3.8, 4) is 11.1 Å². The number of rotatable bonds is 2. The fourth-order valence-electron chi connectivity index (χ4n) is 1.68. The summed E-state index contributed by atoms with van der Waals surface area (Å²) in [4.78, 5) is 4.07. The zero-order valence-electron chi connectivity index (χ0n) is 9.07. The number of nitrogens with zero attached hydrogens (tertiary/aromatic N) is 1. The maximum Gasteiger partial charge on any atom is 0.0457 e. The summed E-state index contributed by atoms with van der Waals surface area (Å²) in [7, 11) is 0. The molecule has 0 unspecified atom stereocenters. The normalized spacial score (nSPS) is 10.4. The molecule has 2 aromatic rings. The van der Waals surface area contributed by atoms with Crippen molar-refractivity contribution in [1.82, 2.24) is 4.98 Å². The van der Waals surface area contributed by atoms with Gasteiger partial charge in [-0.1, -0.05) is 23.7 Å². The number of aromatic nitrogens is 1. The van der Waals surface area contributed by atoms with Crippen LogP contribution in [0.25, 0.3) is 11.1 Å². The molecule has 1 heterocycles. The van der Waals surface area contributed by atoms with Crippen LogP contribution in [0.4, 0.5) is 0 Å². The Morgan fingerprint density at radius 2 is 2.12 bits per heavy atom. The monoisotopic (exact) mass is 232 g/mol. The van der Waals surface area contributed by atoms with Gasteiger partial charge in [-0.15, -0.1) is 0 Å². The highest BCUT2D eigenvalue weighted by Gasteiger charge is 2.04. The van der Waals surface area contributed by atoms with E-state index in [1.165, 1.54) is 0 Å². The number of hydrogen-bond acceptors (Lipinski definition) is 2. The molecule has 0 fully saturated rings. The summed E-state index contributed by atoms with van der Waals surface area (Å²) < 4.78 is 0. The molecule has 1 aromatic carbocycles. The lowest BCUT2D eigenvalue weighted by molar-refractivity contribution is 1.07. The molecule has 0 radical (unpaired) electrons. The predicted molar refractivity (Wildman–Crippen MR) is 67.3 cm³/mol. The third kappa shape index (κ3) is 2.08. The summed E-state index contributed by atoms with van der Waals surface area (Å²) in [6.45, 7) is 2.50. The van der Waals surface area contributed by atoms with Crippen LogP contribution in [0, 0.1) is 6.92 Å². The standard InChI is InChI=1S/C13H13ClN2/c1-9-8-16-5-4-12(9)10-2-3-11(7-15)13(14)6-10/h2-6,8H,7,15H2,1H3. The topological polar surface area (TPSA) is 38.9 Å². The highest BCUT2D eigenvalue weighted by molar-refractivity contribution is 6.31. The van der Waals surface area contributed by atoms with E-state index in [9.17, 15) is 0 Å². The minimum Gasteiger partial charge on any atom is -0.326 e. The summed E-state index contributed by atoms with van der Waals surface area (Å²) in [5, 5.41) is 0.719. The Labute approximate surface area is 100 Å². The smallest absolute Gasteiger partial charge is 0.0457 e. The lowest BCUT2D eigenvalue weighted by Gasteiger charge is -2.07.